The summed E-state index contributed by atoms with van der Waals surface area (Å²) in [4.78, 5) is 7.09. The standard InChI is InChI=1S/C16H9F3N2/c17-16(18,19)13-3-1-2-11(10-13)4-5-12-6-8-20-15-14(12)7-9-21-15/h1-3,6-10H,(H,20,21). The van der Waals surface area contributed by atoms with Gasteiger partial charge in [0.15, 0.2) is 0 Å². The van der Waals surface area contributed by atoms with Gasteiger partial charge in [0, 0.05) is 28.9 Å². The van der Waals surface area contributed by atoms with E-state index in [0.717, 1.165) is 23.1 Å². The number of nitrogens with one attached hydrogen (secondary N) is 1. The summed E-state index contributed by atoms with van der Waals surface area (Å²) in [5.41, 5.74) is 1.05. The molecule has 0 aliphatic rings. The van der Waals surface area contributed by atoms with Crippen LogP contribution < -0.4 is 0 Å². The monoisotopic (exact) mass is 286 g/mol. The Bertz CT molecular complexity index is 851. The van der Waals surface area contributed by atoms with Gasteiger partial charge in [-0.2, -0.15) is 13.2 Å². The smallest absolute Gasteiger partial charge is 0.346 e. The fourth-order valence-electron chi connectivity index (χ4n) is 1.98. The molecule has 0 aliphatic carbocycles. The topological polar surface area (TPSA) is 28.7 Å². The zero-order valence-electron chi connectivity index (χ0n) is 10.7. The molecule has 2 nitrogen and oxygen atoms in total. The first kappa shape index (κ1) is 13.3. The van der Waals surface area contributed by atoms with E-state index in [2.05, 4.69) is 21.8 Å². The molecule has 2 aromatic heterocycles. The first-order valence-corrected chi connectivity index (χ1v) is 6.15. The molecule has 3 rings (SSSR count). The number of aromatic nitrogens is 2. The summed E-state index contributed by atoms with van der Waals surface area (Å²) < 4.78 is 37.9. The number of halogens is 3. The van der Waals surface area contributed by atoms with Gasteiger partial charge in [0.1, 0.15) is 5.65 Å². The molecule has 21 heavy (non-hydrogen) atoms. The number of pyridine rings is 1. The van der Waals surface area contributed by atoms with E-state index in [1.165, 1.54) is 6.07 Å². The quantitative estimate of drug-likeness (QED) is 0.622. The molecule has 0 fully saturated rings. The molecule has 0 radical (unpaired) electrons. The average molecular weight is 286 g/mol. The fraction of sp³-hybridized carbons (Fsp3) is 0.0625. The second kappa shape index (κ2) is 4.98. The summed E-state index contributed by atoms with van der Waals surface area (Å²) in [5.74, 6) is 5.66. The van der Waals surface area contributed by atoms with Crippen LogP contribution in [0.5, 0.6) is 0 Å². The van der Waals surface area contributed by atoms with Crippen molar-refractivity contribution in [2.24, 2.45) is 0 Å². The van der Waals surface area contributed by atoms with Crippen molar-refractivity contribution in [2.45, 2.75) is 6.18 Å². The normalized spacial score (nSPS) is 11.2. The molecule has 0 saturated heterocycles. The van der Waals surface area contributed by atoms with Crippen LogP contribution in [0.15, 0.2) is 48.8 Å². The second-order valence-corrected chi connectivity index (χ2v) is 4.43. The van der Waals surface area contributed by atoms with Crippen LogP contribution in [-0.4, -0.2) is 9.97 Å². The maximum Gasteiger partial charge on any atom is 0.416 e. The van der Waals surface area contributed by atoms with E-state index in [1.54, 1.807) is 24.5 Å². The average Bonchev–Trinajstić information content (AvgIpc) is 2.93. The third-order valence-corrected chi connectivity index (χ3v) is 2.99. The molecule has 0 aliphatic heterocycles. The largest absolute Gasteiger partial charge is 0.416 e. The third-order valence-electron chi connectivity index (χ3n) is 2.99. The van der Waals surface area contributed by atoms with Gasteiger partial charge in [-0.3, -0.25) is 0 Å². The minimum atomic E-state index is -4.36. The van der Waals surface area contributed by atoms with Crippen molar-refractivity contribution in [2.75, 3.05) is 0 Å². The highest BCUT2D eigenvalue weighted by Gasteiger charge is 2.30. The molecule has 0 unspecified atom stereocenters. The maximum atomic E-state index is 12.6. The van der Waals surface area contributed by atoms with Gasteiger partial charge in [-0.15, -0.1) is 0 Å². The minimum absolute atomic E-state index is 0.324. The van der Waals surface area contributed by atoms with Crippen LogP contribution in [0.4, 0.5) is 13.2 Å². The van der Waals surface area contributed by atoms with Crippen LogP contribution in [0.25, 0.3) is 11.0 Å². The van der Waals surface area contributed by atoms with Gasteiger partial charge in [0.2, 0.25) is 0 Å². The summed E-state index contributed by atoms with van der Waals surface area (Å²) in [7, 11) is 0. The molecule has 0 saturated carbocycles. The molecule has 1 N–H and O–H groups in total. The molecule has 5 heteroatoms. The molecule has 2 heterocycles. The maximum absolute atomic E-state index is 12.6. The van der Waals surface area contributed by atoms with Crippen molar-refractivity contribution in [3.63, 3.8) is 0 Å². The molecular weight excluding hydrogens is 277 g/mol. The second-order valence-electron chi connectivity index (χ2n) is 4.43. The van der Waals surface area contributed by atoms with Crippen LogP contribution in [0, 0.1) is 11.8 Å². The van der Waals surface area contributed by atoms with Crippen LogP contribution >= 0.6 is 0 Å². The van der Waals surface area contributed by atoms with Gasteiger partial charge in [-0.25, -0.2) is 4.98 Å². The van der Waals surface area contributed by atoms with Gasteiger partial charge in [0.25, 0.3) is 0 Å². The Morgan fingerprint density at radius 2 is 1.90 bits per heavy atom. The van der Waals surface area contributed by atoms with Crippen LogP contribution in [0.1, 0.15) is 16.7 Å². The van der Waals surface area contributed by atoms with Gasteiger partial charge >= 0.3 is 6.18 Å². The molecule has 0 spiro atoms. The third kappa shape index (κ3) is 2.75. The number of aromatic amines is 1. The lowest BCUT2D eigenvalue weighted by atomic mass is 10.1. The SMILES string of the molecule is FC(F)(F)c1cccc(C#Cc2ccnc3[nH]ccc23)c1. The van der Waals surface area contributed by atoms with Crippen LogP contribution in [0.3, 0.4) is 0 Å². The lowest BCUT2D eigenvalue weighted by Crippen LogP contribution is -2.04. The number of hydrogen-bond donors (Lipinski definition) is 1. The highest BCUT2D eigenvalue weighted by molar-refractivity contribution is 5.82. The van der Waals surface area contributed by atoms with Gasteiger partial charge < -0.3 is 4.98 Å². The predicted octanol–water partition coefficient (Wildman–Crippen LogP) is 3.98. The number of alkyl halides is 3. The van der Waals surface area contributed by atoms with E-state index in [-0.39, 0.29) is 0 Å². The number of rotatable bonds is 0. The van der Waals surface area contributed by atoms with Crippen LogP contribution in [0.2, 0.25) is 0 Å². The molecule has 104 valence electrons. The summed E-state index contributed by atoms with van der Waals surface area (Å²) in [6.45, 7) is 0. The van der Waals surface area contributed by atoms with E-state index in [0.29, 0.717) is 11.2 Å². The number of fused-ring (bicyclic) bond motifs is 1. The van der Waals surface area contributed by atoms with Crippen LogP contribution in [-0.2, 0) is 6.18 Å². The lowest BCUT2D eigenvalue weighted by Gasteiger charge is -2.05. The number of H-pyrrole nitrogens is 1. The molecule has 1 aromatic carbocycles. The Kier molecular flexibility index (Phi) is 3.15. The first-order valence-electron chi connectivity index (χ1n) is 6.15. The predicted molar refractivity (Wildman–Crippen MR) is 73.5 cm³/mol. The van der Waals surface area contributed by atoms with E-state index < -0.39 is 11.7 Å². The van der Waals surface area contributed by atoms with E-state index in [9.17, 15) is 13.2 Å². The Balaban J connectivity index is 2.00. The first-order chi connectivity index (χ1) is 10.0. The van der Waals surface area contributed by atoms with Crippen molar-refractivity contribution in [3.05, 3.63) is 65.5 Å². The summed E-state index contributed by atoms with van der Waals surface area (Å²) >= 11 is 0. The number of hydrogen-bond acceptors (Lipinski definition) is 1. The molecule has 0 amide bonds. The van der Waals surface area contributed by atoms with Gasteiger partial charge in [0.05, 0.1) is 5.56 Å². The minimum Gasteiger partial charge on any atom is -0.346 e. The zero-order valence-corrected chi connectivity index (χ0v) is 10.7. The molecule has 0 bridgehead atoms. The summed E-state index contributed by atoms with van der Waals surface area (Å²) in [6.07, 6.45) is -1.01. The van der Waals surface area contributed by atoms with E-state index in [4.69, 9.17) is 0 Å². The Hall–Kier alpha value is -2.74. The van der Waals surface area contributed by atoms with Crippen molar-refractivity contribution in [1.82, 2.24) is 9.97 Å². The van der Waals surface area contributed by atoms with E-state index in [1.807, 2.05) is 6.07 Å². The summed E-state index contributed by atoms with van der Waals surface area (Å²) in [5, 5.41) is 0.844. The summed E-state index contributed by atoms with van der Waals surface area (Å²) in [6, 6.07) is 8.54. The van der Waals surface area contributed by atoms with E-state index >= 15 is 0 Å². The van der Waals surface area contributed by atoms with Crippen molar-refractivity contribution >= 4 is 11.0 Å². The highest BCUT2D eigenvalue weighted by atomic mass is 19.4. The van der Waals surface area contributed by atoms with Crippen molar-refractivity contribution < 1.29 is 13.2 Å². The molecular formula is C16H9F3N2. The highest BCUT2D eigenvalue weighted by Crippen LogP contribution is 2.29. The van der Waals surface area contributed by atoms with Crippen molar-refractivity contribution in [3.8, 4) is 11.8 Å². The number of benzene rings is 1. The van der Waals surface area contributed by atoms with Gasteiger partial charge in [-0.1, -0.05) is 17.9 Å². The zero-order chi connectivity index (χ0) is 14.9. The van der Waals surface area contributed by atoms with Gasteiger partial charge in [-0.05, 0) is 30.3 Å². The Morgan fingerprint density at radius 1 is 1.05 bits per heavy atom. The Labute approximate surface area is 118 Å². The van der Waals surface area contributed by atoms with Crippen molar-refractivity contribution in [1.29, 1.82) is 0 Å². The Morgan fingerprint density at radius 3 is 2.71 bits per heavy atom. The molecule has 3 aromatic rings. The molecule has 0 atom stereocenters. The number of nitrogens with zero attached hydrogens (tertiary/aromatic N) is 1. The lowest BCUT2D eigenvalue weighted by molar-refractivity contribution is -0.137. The fourth-order valence-corrected chi connectivity index (χ4v) is 1.98.